The molecule has 92 valence electrons. The zero-order valence-electron chi connectivity index (χ0n) is 10.2. The number of carbonyl (C=O) groups is 1. The van der Waals surface area contributed by atoms with Crippen LogP contribution < -0.4 is 10.6 Å². The highest BCUT2D eigenvalue weighted by atomic mass is 32.2. The number of nitrogens with one attached hydrogen (secondary N) is 2. The third-order valence-electron chi connectivity index (χ3n) is 3.83. The van der Waals surface area contributed by atoms with E-state index in [2.05, 4.69) is 23.8 Å². The van der Waals surface area contributed by atoms with Gasteiger partial charge < -0.3 is 10.6 Å². The number of fused-ring (bicyclic) bond motifs is 1. The molecule has 4 atom stereocenters. The van der Waals surface area contributed by atoms with Crippen LogP contribution in [0.2, 0.25) is 0 Å². The maximum atomic E-state index is 12.1. The van der Waals surface area contributed by atoms with Gasteiger partial charge in [0.25, 0.3) is 0 Å². The summed E-state index contributed by atoms with van der Waals surface area (Å²) in [6.45, 7) is 3.12. The fourth-order valence-electron chi connectivity index (χ4n) is 3.10. The topological polar surface area (TPSA) is 41.1 Å². The standard InChI is InChI=1S/C12H22N2OS/c1-8(7-16-2)14-12(15)11-10-5-3-4-9(10)6-13-11/h8-11,13H,3-7H2,1-2H3,(H,14,15). The first-order valence-electron chi connectivity index (χ1n) is 6.25. The van der Waals surface area contributed by atoms with Crippen molar-refractivity contribution in [3.05, 3.63) is 0 Å². The number of amides is 1. The Morgan fingerprint density at radius 2 is 2.38 bits per heavy atom. The van der Waals surface area contributed by atoms with Crippen LogP contribution in [0.15, 0.2) is 0 Å². The van der Waals surface area contributed by atoms with E-state index in [-0.39, 0.29) is 18.0 Å². The van der Waals surface area contributed by atoms with Gasteiger partial charge in [-0.1, -0.05) is 6.42 Å². The number of hydrogen-bond acceptors (Lipinski definition) is 3. The van der Waals surface area contributed by atoms with E-state index in [0.29, 0.717) is 5.92 Å². The molecule has 2 N–H and O–H groups in total. The summed E-state index contributed by atoms with van der Waals surface area (Å²) in [5.41, 5.74) is 0. The van der Waals surface area contributed by atoms with Crippen LogP contribution in [0.4, 0.5) is 0 Å². The van der Waals surface area contributed by atoms with Crippen LogP contribution in [0, 0.1) is 11.8 Å². The van der Waals surface area contributed by atoms with Crippen molar-refractivity contribution in [3.63, 3.8) is 0 Å². The molecule has 0 aromatic carbocycles. The lowest BCUT2D eigenvalue weighted by Gasteiger charge is -2.20. The van der Waals surface area contributed by atoms with Crippen molar-refractivity contribution < 1.29 is 4.79 Å². The van der Waals surface area contributed by atoms with Gasteiger partial charge in [-0.2, -0.15) is 11.8 Å². The number of hydrogen-bond donors (Lipinski definition) is 2. The summed E-state index contributed by atoms with van der Waals surface area (Å²) in [4.78, 5) is 12.1. The van der Waals surface area contributed by atoms with Crippen LogP contribution >= 0.6 is 11.8 Å². The first-order valence-corrected chi connectivity index (χ1v) is 7.64. The van der Waals surface area contributed by atoms with Crippen molar-refractivity contribution in [2.45, 2.75) is 38.3 Å². The Bertz CT molecular complexity index is 259. The molecule has 0 aromatic rings. The third-order valence-corrected chi connectivity index (χ3v) is 4.67. The molecule has 0 spiro atoms. The van der Waals surface area contributed by atoms with Gasteiger partial charge >= 0.3 is 0 Å². The normalized spacial score (nSPS) is 34.8. The Kier molecular flexibility index (Phi) is 4.14. The number of rotatable bonds is 4. The molecule has 2 fully saturated rings. The molecule has 1 amide bonds. The van der Waals surface area contributed by atoms with Crippen LogP contribution in [0.5, 0.6) is 0 Å². The molecule has 3 nitrogen and oxygen atoms in total. The minimum absolute atomic E-state index is 0.0804. The SMILES string of the molecule is CSCC(C)NC(=O)C1NCC2CCCC21. The Morgan fingerprint density at radius 3 is 3.12 bits per heavy atom. The summed E-state index contributed by atoms with van der Waals surface area (Å²) in [7, 11) is 0. The molecule has 16 heavy (non-hydrogen) atoms. The fraction of sp³-hybridized carbons (Fsp3) is 0.917. The lowest BCUT2D eigenvalue weighted by atomic mass is 9.93. The summed E-state index contributed by atoms with van der Waals surface area (Å²) in [5, 5.41) is 6.50. The van der Waals surface area contributed by atoms with E-state index in [1.165, 1.54) is 19.3 Å². The van der Waals surface area contributed by atoms with E-state index in [1.54, 1.807) is 11.8 Å². The Morgan fingerprint density at radius 1 is 1.56 bits per heavy atom. The second-order valence-electron chi connectivity index (χ2n) is 5.11. The molecule has 2 rings (SSSR count). The van der Waals surface area contributed by atoms with Crippen LogP contribution in [0.3, 0.4) is 0 Å². The molecular weight excluding hydrogens is 220 g/mol. The minimum Gasteiger partial charge on any atom is -0.351 e. The Balaban J connectivity index is 1.85. The molecular formula is C12H22N2OS. The largest absolute Gasteiger partial charge is 0.351 e. The van der Waals surface area contributed by atoms with Gasteiger partial charge in [0.2, 0.25) is 5.91 Å². The fourth-order valence-corrected chi connectivity index (χ4v) is 3.68. The minimum atomic E-state index is 0.0804. The van der Waals surface area contributed by atoms with Crippen LogP contribution in [-0.2, 0) is 4.79 Å². The highest BCUT2D eigenvalue weighted by Gasteiger charge is 2.42. The molecule has 1 saturated heterocycles. The molecule has 1 heterocycles. The molecule has 4 unspecified atom stereocenters. The van der Waals surface area contributed by atoms with Crippen molar-refractivity contribution in [1.82, 2.24) is 10.6 Å². The average Bonchev–Trinajstić information content (AvgIpc) is 2.77. The lowest BCUT2D eigenvalue weighted by Crippen LogP contribution is -2.47. The van der Waals surface area contributed by atoms with Crippen molar-refractivity contribution >= 4 is 17.7 Å². The van der Waals surface area contributed by atoms with Gasteiger partial charge in [-0.05, 0) is 44.4 Å². The van der Waals surface area contributed by atoms with Gasteiger partial charge in [-0.25, -0.2) is 0 Å². The third kappa shape index (κ3) is 2.54. The van der Waals surface area contributed by atoms with E-state index in [1.807, 2.05) is 0 Å². The quantitative estimate of drug-likeness (QED) is 0.779. The summed E-state index contributed by atoms with van der Waals surface area (Å²) in [6, 6.07) is 0.363. The first kappa shape index (κ1) is 12.2. The smallest absolute Gasteiger partial charge is 0.237 e. The zero-order valence-corrected chi connectivity index (χ0v) is 11.0. The van der Waals surface area contributed by atoms with Crippen LogP contribution in [0.25, 0.3) is 0 Å². The molecule has 1 aliphatic heterocycles. The van der Waals surface area contributed by atoms with E-state index < -0.39 is 0 Å². The molecule has 0 bridgehead atoms. The van der Waals surface area contributed by atoms with Crippen molar-refractivity contribution in [1.29, 1.82) is 0 Å². The van der Waals surface area contributed by atoms with Gasteiger partial charge in [0.1, 0.15) is 0 Å². The molecule has 1 saturated carbocycles. The maximum Gasteiger partial charge on any atom is 0.237 e. The second-order valence-corrected chi connectivity index (χ2v) is 6.02. The molecule has 0 aromatic heterocycles. The maximum absolute atomic E-state index is 12.1. The van der Waals surface area contributed by atoms with Crippen molar-refractivity contribution in [3.8, 4) is 0 Å². The summed E-state index contributed by atoms with van der Waals surface area (Å²) in [6.07, 6.45) is 5.92. The van der Waals surface area contributed by atoms with Crippen LogP contribution in [0.1, 0.15) is 26.2 Å². The summed E-state index contributed by atoms with van der Waals surface area (Å²) in [5.74, 6) is 2.57. The highest BCUT2D eigenvalue weighted by Crippen LogP contribution is 2.37. The van der Waals surface area contributed by atoms with Gasteiger partial charge in [0, 0.05) is 11.8 Å². The van der Waals surface area contributed by atoms with E-state index in [0.717, 1.165) is 18.2 Å². The summed E-state index contributed by atoms with van der Waals surface area (Å²) >= 11 is 1.78. The van der Waals surface area contributed by atoms with Gasteiger partial charge in [0.15, 0.2) is 0 Å². The summed E-state index contributed by atoms with van der Waals surface area (Å²) < 4.78 is 0. The van der Waals surface area contributed by atoms with E-state index in [4.69, 9.17) is 0 Å². The van der Waals surface area contributed by atoms with Crippen molar-refractivity contribution in [2.24, 2.45) is 11.8 Å². The predicted octanol–water partition coefficient (Wildman–Crippen LogP) is 1.24. The van der Waals surface area contributed by atoms with Gasteiger partial charge in [0.05, 0.1) is 6.04 Å². The Labute approximate surface area is 102 Å². The van der Waals surface area contributed by atoms with Crippen molar-refractivity contribution in [2.75, 3.05) is 18.6 Å². The molecule has 4 heteroatoms. The highest BCUT2D eigenvalue weighted by molar-refractivity contribution is 7.98. The van der Waals surface area contributed by atoms with Gasteiger partial charge in [-0.15, -0.1) is 0 Å². The second kappa shape index (κ2) is 5.41. The Hall–Kier alpha value is -0.220. The lowest BCUT2D eigenvalue weighted by molar-refractivity contribution is -0.124. The van der Waals surface area contributed by atoms with E-state index in [9.17, 15) is 4.79 Å². The van der Waals surface area contributed by atoms with E-state index >= 15 is 0 Å². The average molecular weight is 242 g/mol. The molecule has 0 radical (unpaired) electrons. The number of thioether (sulfide) groups is 1. The monoisotopic (exact) mass is 242 g/mol. The molecule has 1 aliphatic carbocycles. The van der Waals surface area contributed by atoms with Gasteiger partial charge in [-0.3, -0.25) is 4.79 Å². The molecule has 2 aliphatic rings. The number of carbonyl (C=O) groups excluding carboxylic acids is 1. The zero-order chi connectivity index (χ0) is 11.5. The van der Waals surface area contributed by atoms with Crippen LogP contribution in [-0.4, -0.2) is 36.5 Å². The predicted molar refractivity (Wildman–Crippen MR) is 68.6 cm³/mol. The first-order chi connectivity index (χ1) is 7.72.